The topological polar surface area (TPSA) is 70.3 Å². The Hall–Kier alpha value is -0.620. The number of nitrogens with zero attached hydrogens (tertiary/aromatic N) is 2. The van der Waals surface area contributed by atoms with Crippen LogP contribution >= 0.6 is 11.6 Å². The molecule has 1 aromatic heterocycles. The lowest BCUT2D eigenvalue weighted by molar-refractivity contribution is 0.169. The Labute approximate surface area is 100 Å². The van der Waals surface area contributed by atoms with Crippen LogP contribution in [0.15, 0.2) is 0 Å². The van der Waals surface area contributed by atoms with Crippen LogP contribution in [0.25, 0.3) is 0 Å². The van der Waals surface area contributed by atoms with E-state index in [4.69, 9.17) is 21.8 Å². The minimum absolute atomic E-state index is 0.104. The number of hydrogen-bond donors (Lipinski definition) is 3. The summed E-state index contributed by atoms with van der Waals surface area (Å²) in [5, 5.41) is 25.8. The number of aryl methyl sites for hydroxylation is 2. The van der Waals surface area contributed by atoms with Crippen molar-refractivity contribution in [2.45, 2.75) is 33.0 Å². The Balaban J connectivity index is 2.72. The average Bonchev–Trinajstić information content (AvgIpc) is 2.57. The second-order valence-corrected chi connectivity index (χ2v) is 3.98. The summed E-state index contributed by atoms with van der Waals surface area (Å²) in [5.74, 6) is 0. The molecule has 1 rings (SSSR count). The quantitative estimate of drug-likeness (QED) is 0.677. The van der Waals surface area contributed by atoms with Gasteiger partial charge in [-0.1, -0.05) is 11.6 Å². The first kappa shape index (κ1) is 13.4. The van der Waals surface area contributed by atoms with Crippen molar-refractivity contribution in [3.05, 3.63) is 16.4 Å². The molecule has 0 unspecified atom stereocenters. The first-order valence-corrected chi connectivity index (χ1v) is 5.68. The number of nitrogens with one attached hydrogen (secondary N) is 1. The largest absolute Gasteiger partial charge is 0.395 e. The second kappa shape index (κ2) is 6.20. The van der Waals surface area contributed by atoms with Crippen LogP contribution in [0, 0.1) is 6.92 Å². The first-order valence-electron chi connectivity index (χ1n) is 5.30. The molecule has 5 nitrogen and oxygen atoms in total. The van der Waals surface area contributed by atoms with Crippen LogP contribution in [0.3, 0.4) is 0 Å². The van der Waals surface area contributed by atoms with E-state index in [2.05, 4.69) is 10.4 Å². The minimum atomic E-state index is -0.323. The molecular weight excluding hydrogens is 230 g/mol. The highest BCUT2D eigenvalue weighted by molar-refractivity contribution is 6.31. The van der Waals surface area contributed by atoms with Crippen molar-refractivity contribution in [2.24, 2.45) is 0 Å². The van der Waals surface area contributed by atoms with Crippen LogP contribution in [0.5, 0.6) is 0 Å². The normalized spacial score (nSPS) is 11.4. The Morgan fingerprint density at radius 3 is 2.56 bits per heavy atom. The lowest BCUT2D eigenvalue weighted by Gasteiger charge is -2.13. The average molecular weight is 248 g/mol. The maximum absolute atomic E-state index is 8.93. The van der Waals surface area contributed by atoms with Gasteiger partial charge in [-0.15, -0.1) is 0 Å². The zero-order chi connectivity index (χ0) is 12.1. The molecule has 0 radical (unpaired) electrons. The predicted octanol–water partition coefficient (Wildman–Crippen LogP) is 0.308. The van der Waals surface area contributed by atoms with Gasteiger partial charge >= 0.3 is 0 Å². The van der Waals surface area contributed by atoms with E-state index in [1.807, 2.05) is 18.5 Å². The predicted molar refractivity (Wildman–Crippen MR) is 62.4 cm³/mol. The van der Waals surface area contributed by atoms with Gasteiger partial charge in [0.1, 0.15) is 0 Å². The molecule has 1 aromatic rings. The van der Waals surface area contributed by atoms with Gasteiger partial charge < -0.3 is 15.5 Å². The fourth-order valence-electron chi connectivity index (χ4n) is 1.47. The van der Waals surface area contributed by atoms with Gasteiger partial charge in [0.15, 0.2) is 0 Å². The van der Waals surface area contributed by atoms with Crippen LogP contribution < -0.4 is 5.32 Å². The number of aliphatic hydroxyl groups is 2. The van der Waals surface area contributed by atoms with Gasteiger partial charge in [-0.25, -0.2) is 0 Å². The maximum atomic E-state index is 8.93. The molecule has 3 N–H and O–H groups in total. The van der Waals surface area contributed by atoms with Crippen molar-refractivity contribution in [1.29, 1.82) is 0 Å². The van der Waals surface area contributed by atoms with Gasteiger partial charge in [-0.2, -0.15) is 5.10 Å². The molecule has 0 aliphatic carbocycles. The number of rotatable bonds is 6. The summed E-state index contributed by atoms with van der Waals surface area (Å²) in [6.45, 7) is 4.86. The SMILES string of the molecule is CCn1nc(C)c(Cl)c1CNC(CO)CO. The van der Waals surface area contributed by atoms with E-state index >= 15 is 0 Å². The van der Waals surface area contributed by atoms with Gasteiger partial charge in [0.2, 0.25) is 0 Å². The lowest BCUT2D eigenvalue weighted by Crippen LogP contribution is -2.35. The maximum Gasteiger partial charge on any atom is 0.0860 e. The van der Waals surface area contributed by atoms with Crippen molar-refractivity contribution in [3.8, 4) is 0 Å². The zero-order valence-corrected chi connectivity index (χ0v) is 10.3. The van der Waals surface area contributed by atoms with Crippen LogP contribution in [-0.2, 0) is 13.1 Å². The highest BCUT2D eigenvalue weighted by atomic mass is 35.5. The van der Waals surface area contributed by atoms with E-state index in [9.17, 15) is 0 Å². The fraction of sp³-hybridized carbons (Fsp3) is 0.700. The molecule has 16 heavy (non-hydrogen) atoms. The van der Waals surface area contributed by atoms with Crippen molar-refractivity contribution < 1.29 is 10.2 Å². The Kier molecular flexibility index (Phi) is 5.21. The molecule has 92 valence electrons. The molecular formula is C10H18ClN3O2. The molecule has 0 aromatic carbocycles. The second-order valence-electron chi connectivity index (χ2n) is 3.60. The molecule has 0 saturated carbocycles. The summed E-state index contributed by atoms with van der Waals surface area (Å²) in [6, 6.07) is -0.323. The van der Waals surface area contributed by atoms with Crippen molar-refractivity contribution in [2.75, 3.05) is 13.2 Å². The van der Waals surface area contributed by atoms with E-state index in [0.717, 1.165) is 17.9 Å². The van der Waals surface area contributed by atoms with Crippen LogP contribution in [0.2, 0.25) is 5.02 Å². The van der Waals surface area contributed by atoms with E-state index < -0.39 is 0 Å². The van der Waals surface area contributed by atoms with E-state index in [0.29, 0.717) is 11.6 Å². The van der Waals surface area contributed by atoms with Crippen LogP contribution in [0.1, 0.15) is 18.3 Å². The molecule has 0 aliphatic rings. The number of hydrogen-bond acceptors (Lipinski definition) is 4. The molecule has 0 saturated heterocycles. The first-order chi connectivity index (χ1) is 7.63. The summed E-state index contributed by atoms with van der Waals surface area (Å²) in [7, 11) is 0. The molecule has 0 spiro atoms. The summed E-state index contributed by atoms with van der Waals surface area (Å²) in [4.78, 5) is 0. The molecule has 0 bridgehead atoms. The standard InChI is InChI=1S/C10H18ClN3O2/c1-3-14-9(10(11)7(2)13-14)4-12-8(5-15)6-16/h8,12,15-16H,3-6H2,1-2H3. The Bertz CT molecular complexity index is 337. The number of aromatic nitrogens is 2. The Morgan fingerprint density at radius 1 is 1.44 bits per heavy atom. The molecule has 6 heteroatoms. The van der Waals surface area contributed by atoms with Gasteiger partial charge in [0, 0.05) is 13.1 Å². The third-order valence-corrected chi connectivity index (χ3v) is 2.94. The fourth-order valence-corrected chi connectivity index (χ4v) is 1.67. The molecule has 0 fully saturated rings. The van der Waals surface area contributed by atoms with Crippen LogP contribution in [0.4, 0.5) is 0 Å². The number of halogens is 1. The van der Waals surface area contributed by atoms with Gasteiger partial charge in [-0.3, -0.25) is 4.68 Å². The van der Waals surface area contributed by atoms with Crippen LogP contribution in [-0.4, -0.2) is 39.2 Å². The van der Waals surface area contributed by atoms with Crippen molar-refractivity contribution >= 4 is 11.6 Å². The third kappa shape index (κ3) is 2.95. The summed E-state index contributed by atoms with van der Waals surface area (Å²) in [6.07, 6.45) is 0. The lowest BCUT2D eigenvalue weighted by atomic mass is 10.3. The molecule has 1 heterocycles. The van der Waals surface area contributed by atoms with Gasteiger partial charge in [-0.05, 0) is 13.8 Å². The molecule has 0 aliphatic heterocycles. The molecule has 0 atom stereocenters. The smallest absolute Gasteiger partial charge is 0.0860 e. The minimum Gasteiger partial charge on any atom is -0.395 e. The monoisotopic (exact) mass is 247 g/mol. The highest BCUT2D eigenvalue weighted by Crippen LogP contribution is 2.19. The molecule has 0 amide bonds. The van der Waals surface area contributed by atoms with E-state index in [1.165, 1.54) is 0 Å². The van der Waals surface area contributed by atoms with Crippen molar-refractivity contribution in [3.63, 3.8) is 0 Å². The van der Waals surface area contributed by atoms with Gasteiger partial charge in [0.05, 0.1) is 35.7 Å². The van der Waals surface area contributed by atoms with Crippen molar-refractivity contribution in [1.82, 2.24) is 15.1 Å². The summed E-state index contributed by atoms with van der Waals surface area (Å²) < 4.78 is 1.82. The third-order valence-electron chi connectivity index (χ3n) is 2.45. The number of aliphatic hydroxyl groups excluding tert-OH is 2. The van der Waals surface area contributed by atoms with E-state index in [1.54, 1.807) is 0 Å². The van der Waals surface area contributed by atoms with Gasteiger partial charge in [0.25, 0.3) is 0 Å². The highest BCUT2D eigenvalue weighted by Gasteiger charge is 2.13. The van der Waals surface area contributed by atoms with E-state index in [-0.39, 0.29) is 19.3 Å². The Morgan fingerprint density at radius 2 is 2.06 bits per heavy atom. The summed E-state index contributed by atoms with van der Waals surface area (Å²) in [5.41, 5.74) is 1.68. The summed E-state index contributed by atoms with van der Waals surface area (Å²) >= 11 is 6.11. The zero-order valence-electron chi connectivity index (χ0n) is 9.57.